The topological polar surface area (TPSA) is 27.7 Å². The zero-order valence-corrected chi connectivity index (χ0v) is 14.2. The van der Waals surface area contributed by atoms with Gasteiger partial charge >= 0.3 is 15.0 Å². The predicted octanol–water partition coefficient (Wildman–Crippen LogP) is 4.30. The van der Waals surface area contributed by atoms with Crippen LogP contribution in [0.3, 0.4) is 0 Å². The summed E-state index contributed by atoms with van der Waals surface area (Å²) in [5, 5.41) is 0. The van der Waals surface area contributed by atoms with E-state index in [9.17, 15) is 13.2 Å². The number of alkyl halides is 3. The fourth-order valence-electron chi connectivity index (χ4n) is 2.16. The van der Waals surface area contributed by atoms with Gasteiger partial charge in [-0.25, -0.2) is 0 Å². The molecule has 22 heavy (non-hydrogen) atoms. The van der Waals surface area contributed by atoms with Crippen molar-refractivity contribution in [3.05, 3.63) is 35.4 Å². The highest BCUT2D eigenvalue weighted by molar-refractivity contribution is 6.60. The van der Waals surface area contributed by atoms with Crippen LogP contribution in [0.2, 0.25) is 6.04 Å². The van der Waals surface area contributed by atoms with Crippen LogP contribution in [0.5, 0.6) is 0 Å². The maximum atomic E-state index is 12.5. The lowest BCUT2D eigenvalue weighted by molar-refractivity contribution is -0.137. The van der Waals surface area contributed by atoms with Crippen LogP contribution in [-0.2, 0) is 25.9 Å². The van der Waals surface area contributed by atoms with Gasteiger partial charge in [-0.15, -0.1) is 0 Å². The number of benzene rings is 1. The number of aryl methyl sites for hydroxylation is 1. The fraction of sp³-hybridized carbons (Fsp3) is 0.600. The third-order valence-electron chi connectivity index (χ3n) is 3.09. The zero-order valence-electron chi connectivity index (χ0n) is 13.2. The summed E-state index contributed by atoms with van der Waals surface area (Å²) < 4.78 is 54.8. The van der Waals surface area contributed by atoms with Gasteiger partial charge in [0.05, 0.1) is 5.56 Å². The van der Waals surface area contributed by atoms with Crippen LogP contribution in [-0.4, -0.2) is 28.6 Å². The van der Waals surface area contributed by atoms with E-state index in [2.05, 4.69) is 0 Å². The average Bonchev–Trinajstić information content (AvgIpc) is 2.45. The Bertz CT molecular complexity index is 418. The highest BCUT2D eigenvalue weighted by atomic mass is 28.4. The molecule has 0 unspecified atom stereocenters. The van der Waals surface area contributed by atoms with Crippen molar-refractivity contribution in [2.75, 3.05) is 19.8 Å². The Balaban J connectivity index is 2.75. The van der Waals surface area contributed by atoms with Gasteiger partial charge in [0.15, 0.2) is 0 Å². The van der Waals surface area contributed by atoms with Crippen molar-refractivity contribution in [1.82, 2.24) is 0 Å². The van der Waals surface area contributed by atoms with E-state index in [0.717, 1.165) is 17.7 Å². The molecule has 0 N–H and O–H groups in total. The first-order chi connectivity index (χ1) is 10.4. The highest BCUT2D eigenvalue weighted by Crippen LogP contribution is 2.29. The van der Waals surface area contributed by atoms with Gasteiger partial charge in [0.25, 0.3) is 0 Å². The number of halogens is 3. The minimum atomic E-state index is -4.31. The molecule has 1 aromatic rings. The van der Waals surface area contributed by atoms with Crippen molar-refractivity contribution in [2.24, 2.45) is 0 Å². The molecule has 0 aliphatic carbocycles. The molecule has 1 aromatic carbocycles. The van der Waals surface area contributed by atoms with Crippen LogP contribution < -0.4 is 0 Å². The molecule has 0 bridgehead atoms. The fourth-order valence-corrected chi connectivity index (χ4v) is 4.76. The summed E-state index contributed by atoms with van der Waals surface area (Å²) in [6.45, 7) is 7.07. The molecule has 126 valence electrons. The Labute approximate surface area is 130 Å². The second kappa shape index (κ2) is 8.66. The number of hydrogen-bond donors (Lipinski definition) is 0. The van der Waals surface area contributed by atoms with Gasteiger partial charge in [0.1, 0.15) is 0 Å². The van der Waals surface area contributed by atoms with Gasteiger partial charge in [0.2, 0.25) is 0 Å². The van der Waals surface area contributed by atoms with Crippen LogP contribution in [0, 0.1) is 0 Å². The van der Waals surface area contributed by atoms with E-state index in [1.165, 1.54) is 12.1 Å². The van der Waals surface area contributed by atoms with Crippen LogP contribution in [0.1, 0.15) is 31.9 Å². The van der Waals surface area contributed by atoms with Crippen LogP contribution in [0.15, 0.2) is 24.3 Å². The van der Waals surface area contributed by atoms with Gasteiger partial charge in [-0.3, -0.25) is 0 Å². The van der Waals surface area contributed by atoms with E-state index in [0.29, 0.717) is 32.3 Å². The van der Waals surface area contributed by atoms with E-state index >= 15 is 0 Å². The summed E-state index contributed by atoms with van der Waals surface area (Å²) in [4.78, 5) is 0. The molecule has 3 nitrogen and oxygen atoms in total. The average molecular weight is 336 g/mol. The lowest BCUT2D eigenvalue weighted by Crippen LogP contribution is -2.46. The lowest BCUT2D eigenvalue weighted by atomic mass is 10.1. The Morgan fingerprint density at radius 2 is 1.32 bits per heavy atom. The van der Waals surface area contributed by atoms with Gasteiger partial charge in [-0.2, -0.15) is 13.2 Å². The molecule has 0 radical (unpaired) electrons. The third kappa shape index (κ3) is 5.72. The molecule has 0 atom stereocenters. The summed E-state index contributed by atoms with van der Waals surface area (Å²) >= 11 is 0. The molecule has 0 saturated heterocycles. The van der Waals surface area contributed by atoms with Crippen molar-refractivity contribution in [3.8, 4) is 0 Å². The molecule has 0 heterocycles. The molecule has 7 heteroatoms. The van der Waals surface area contributed by atoms with E-state index in [-0.39, 0.29) is 0 Å². The number of hydrogen-bond acceptors (Lipinski definition) is 3. The second-order valence-corrected chi connectivity index (χ2v) is 7.41. The molecule has 0 aliphatic rings. The van der Waals surface area contributed by atoms with Gasteiger partial charge in [0, 0.05) is 25.9 Å². The summed E-state index contributed by atoms with van der Waals surface area (Å²) in [6, 6.07) is 5.73. The van der Waals surface area contributed by atoms with Crippen molar-refractivity contribution in [1.29, 1.82) is 0 Å². The standard InChI is InChI=1S/C15H23F3O3Si/c1-4-19-22(20-5-2,21-6-3)12-11-13-7-9-14(10-8-13)15(16,17)18/h7-10H,4-6,11-12H2,1-3H3. The summed E-state index contributed by atoms with van der Waals surface area (Å²) in [5.41, 5.74) is 0.170. The first-order valence-electron chi connectivity index (χ1n) is 7.45. The van der Waals surface area contributed by atoms with E-state index in [4.69, 9.17) is 13.3 Å². The van der Waals surface area contributed by atoms with Crippen molar-refractivity contribution < 1.29 is 26.4 Å². The monoisotopic (exact) mass is 336 g/mol. The van der Waals surface area contributed by atoms with E-state index in [1.54, 1.807) is 0 Å². The first kappa shape index (κ1) is 19.2. The molecule has 0 amide bonds. The third-order valence-corrected chi connectivity index (χ3v) is 6.14. The summed E-state index contributed by atoms with van der Waals surface area (Å²) in [5.74, 6) is 0. The number of rotatable bonds is 9. The quantitative estimate of drug-likeness (QED) is 0.630. The first-order valence-corrected chi connectivity index (χ1v) is 9.38. The lowest BCUT2D eigenvalue weighted by Gasteiger charge is -2.28. The molecular weight excluding hydrogens is 313 g/mol. The minimum absolute atomic E-state index is 0.485. The van der Waals surface area contributed by atoms with Gasteiger partial charge in [-0.05, 0) is 44.9 Å². The van der Waals surface area contributed by atoms with E-state index in [1.807, 2.05) is 20.8 Å². The predicted molar refractivity (Wildman–Crippen MR) is 80.6 cm³/mol. The summed E-state index contributed by atoms with van der Waals surface area (Å²) in [7, 11) is -2.75. The Morgan fingerprint density at radius 1 is 0.864 bits per heavy atom. The van der Waals surface area contributed by atoms with Crippen LogP contribution >= 0.6 is 0 Å². The van der Waals surface area contributed by atoms with Crippen molar-refractivity contribution in [2.45, 2.75) is 39.4 Å². The molecular formula is C15H23F3O3Si. The molecule has 0 fully saturated rings. The molecule has 0 saturated carbocycles. The zero-order chi connectivity index (χ0) is 16.6. The van der Waals surface area contributed by atoms with Crippen molar-refractivity contribution >= 4 is 8.80 Å². The SMILES string of the molecule is CCO[Si](CCc1ccc(C(F)(F)F)cc1)(OCC)OCC. The Morgan fingerprint density at radius 3 is 1.68 bits per heavy atom. The normalized spacial score (nSPS) is 12.6. The molecule has 0 aromatic heterocycles. The largest absolute Gasteiger partial charge is 0.501 e. The second-order valence-electron chi connectivity index (χ2n) is 4.68. The Kier molecular flexibility index (Phi) is 7.54. The van der Waals surface area contributed by atoms with Crippen LogP contribution in [0.25, 0.3) is 0 Å². The van der Waals surface area contributed by atoms with Crippen molar-refractivity contribution in [3.63, 3.8) is 0 Å². The van der Waals surface area contributed by atoms with E-state index < -0.39 is 20.5 Å². The van der Waals surface area contributed by atoms with Gasteiger partial charge < -0.3 is 13.3 Å². The maximum absolute atomic E-state index is 12.5. The molecule has 1 rings (SSSR count). The molecule has 0 aliphatic heterocycles. The van der Waals surface area contributed by atoms with Crippen LogP contribution in [0.4, 0.5) is 13.2 Å². The minimum Gasteiger partial charge on any atom is -0.374 e. The smallest absolute Gasteiger partial charge is 0.374 e. The highest BCUT2D eigenvalue weighted by Gasteiger charge is 2.39. The summed E-state index contributed by atoms with van der Waals surface area (Å²) in [6.07, 6.45) is -3.75. The van der Waals surface area contributed by atoms with Gasteiger partial charge in [-0.1, -0.05) is 12.1 Å². The molecule has 0 spiro atoms. The maximum Gasteiger partial charge on any atom is 0.501 e. The Hall–Kier alpha value is -0.893.